The number of hydrogen-bond acceptors (Lipinski definition) is 3. The van der Waals surface area contributed by atoms with Crippen LogP contribution in [0.4, 0.5) is 0 Å². The van der Waals surface area contributed by atoms with Crippen molar-refractivity contribution in [2.45, 2.75) is 46.6 Å². The first kappa shape index (κ1) is 16.0. The summed E-state index contributed by atoms with van der Waals surface area (Å²) in [5.41, 5.74) is -0.0707. The molecule has 3 unspecified atom stereocenters. The van der Waals surface area contributed by atoms with E-state index >= 15 is 0 Å². The fraction of sp³-hybridized carbons (Fsp3) is 0.857. The molecule has 110 valence electrons. The number of carboxylic acids is 1. The van der Waals surface area contributed by atoms with Crippen molar-refractivity contribution in [2.24, 2.45) is 17.3 Å². The quantitative estimate of drug-likeness (QED) is 0.797. The first-order chi connectivity index (χ1) is 8.69. The fourth-order valence-electron chi connectivity index (χ4n) is 2.35. The van der Waals surface area contributed by atoms with Gasteiger partial charge < -0.3 is 15.2 Å². The summed E-state index contributed by atoms with van der Waals surface area (Å²) in [6.07, 6.45) is 1.36. The molecule has 0 saturated carbocycles. The van der Waals surface area contributed by atoms with E-state index in [0.717, 1.165) is 0 Å². The number of carbonyl (C=O) groups excluding carboxylic acids is 1. The highest BCUT2D eigenvalue weighted by molar-refractivity contribution is 5.80. The van der Waals surface area contributed by atoms with Crippen LogP contribution in [0, 0.1) is 17.3 Å². The van der Waals surface area contributed by atoms with Gasteiger partial charge in [-0.05, 0) is 25.2 Å². The van der Waals surface area contributed by atoms with Crippen molar-refractivity contribution in [3.05, 3.63) is 0 Å². The molecule has 0 aromatic carbocycles. The van der Waals surface area contributed by atoms with Crippen LogP contribution in [0.25, 0.3) is 0 Å². The average Bonchev–Trinajstić information content (AvgIpc) is 2.68. The lowest BCUT2D eigenvalue weighted by Gasteiger charge is -2.23. The van der Waals surface area contributed by atoms with Crippen LogP contribution in [0.3, 0.4) is 0 Å². The SMILES string of the molecule is CC1CC(C(=O)NCC(CC(C)(C)C)C(=O)O)CO1. The summed E-state index contributed by atoms with van der Waals surface area (Å²) in [5.74, 6) is -1.63. The minimum atomic E-state index is -0.855. The normalized spacial score (nSPS) is 25.1. The lowest BCUT2D eigenvalue weighted by Crippen LogP contribution is -2.38. The van der Waals surface area contributed by atoms with Gasteiger partial charge in [-0.15, -0.1) is 0 Å². The lowest BCUT2D eigenvalue weighted by atomic mass is 9.84. The highest BCUT2D eigenvalue weighted by atomic mass is 16.5. The number of hydrogen-bond donors (Lipinski definition) is 2. The Hall–Kier alpha value is -1.10. The first-order valence-corrected chi connectivity index (χ1v) is 6.81. The van der Waals surface area contributed by atoms with Crippen LogP contribution in [0.1, 0.15) is 40.5 Å². The maximum absolute atomic E-state index is 11.9. The first-order valence-electron chi connectivity index (χ1n) is 6.81. The second kappa shape index (κ2) is 6.37. The highest BCUT2D eigenvalue weighted by Gasteiger charge is 2.30. The second-order valence-corrected chi connectivity index (χ2v) is 6.62. The maximum atomic E-state index is 11.9. The van der Waals surface area contributed by atoms with Crippen molar-refractivity contribution >= 4 is 11.9 Å². The zero-order valence-corrected chi connectivity index (χ0v) is 12.2. The van der Waals surface area contributed by atoms with E-state index in [0.29, 0.717) is 19.4 Å². The maximum Gasteiger partial charge on any atom is 0.308 e. The third-order valence-corrected chi connectivity index (χ3v) is 3.30. The minimum Gasteiger partial charge on any atom is -0.481 e. The minimum absolute atomic E-state index is 0.0707. The zero-order valence-electron chi connectivity index (χ0n) is 12.2. The predicted molar refractivity (Wildman–Crippen MR) is 71.7 cm³/mol. The molecule has 1 aliphatic rings. The molecule has 5 nitrogen and oxygen atoms in total. The third-order valence-electron chi connectivity index (χ3n) is 3.30. The molecule has 2 N–H and O–H groups in total. The fourth-order valence-corrected chi connectivity index (χ4v) is 2.35. The number of nitrogens with one attached hydrogen (secondary N) is 1. The summed E-state index contributed by atoms with van der Waals surface area (Å²) in [7, 11) is 0. The molecule has 0 aromatic rings. The van der Waals surface area contributed by atoms with Crippen LogP contribution in [0.15, 0.2) is 0 Å². The number of ether oxygens (including phenoxy) is 1. The predicted octanol–water partition coefficient (Wildman–Crippen LogP) is 1.66. The summed E-state index contributed by atoms with van der Waals surface area (Å²) < 4.78 is 5.34. The van der Waals surface area contributed by atoms with E-state index < -0.39 is 11.9 Å². The van der Waals surface area contributed by atoms with Crippen LogP contribution < -0.4 is 5.32 Å². The average molecular weight is 271 g/mol. The van der Waals surface area contributed by atoms with E-state index in [1.807, 2.05) is 27.7 Å². The standard InChI is InChI=1S/C14H25NO4/c1-9-5-10(8-19-9)12(16)15-7-11(13(17)18)6-14(2,3)4/h9-11H,5-8H2,1-4H3,(H,15,16)(H,17,18). The summed E-state index contributed by atoms with van der Waals surface area (Å²) in [5, 5.41) is 11.9. The molecule has 1 heterocycles. The number of rotatable bonds is 5. The summed E-state index contributed by atoms with van der Waals surface area (Å²) in [4.78, 5) is 23.1. The van der Waals surface area contributed by atoms with Gasteiger partial charge in [0.15, 0.2) is 0 Å². The van der Waals surface area contributed by atoms with Gasteiger partial charge in [0.2, 0.25) is 5.91 Å². The van der Waals surface area contributed by atoms with Crippen LogP contribution in [0.2, 0.25) is 0 Å². The molecule has 1 rings (SSSR count). The Morgan fingerprint density at radius 2 is 2.05 bits per heavy atom. The molecule has 0 radical (unpaired) electrons. The number of amides is 1. The van der Waals surface area contributed by atoms with Crippen molar-refractivity contribution in [1.82, 2.24) is 5.32 Å². The van der Waals surface area contributed by atoms with Crippen LogP contribution in [-0.2, 0) is 14.3 Å². The van der Waals surface area contributed by atoms with Gasteiger partial charge >= 0.3 is 5.97 Å². The molecular weight excluding hydrogens is 246 g/mol. The van der Waals surface area contributed by atoms with Gasteiger partial charge in [0, 0.05) is 6.54 Å². The Morgan fingerprint density at radius 1 is 1.42 bits per heavy atom. The topological polar surface area (TPSA) is 75.6 Å². The summed E-state index contributed by atoms with van der Waals surface area (Å²) in [6, 6.07) is 0. The number of aliphatic carboxylic acids is 1. The van der Waals surface area contributed by atoms with Crippen molar-refractivity contribution in [2.75, 3.05) is 13.2 Å². The molecule has 3 atom stereocenters. The van der Waals surface area contributed by atoms with Crippen molar-refractivity contribution < 1.29 is 19.4 Å². The summed E-state index contributed by atoms with van der Waals surface area (Å²) in [6.45, 7) is 8.55. The van der Waals surface area contributed by atoms with Crippen LogP contribution >= 0.6 is 0 Å². The molecule has 0 bridgehead atoms. The van der Waals surface area contributed by atoms with Crippen molar-refractivity contribution in [3.8, 4) is 0 Å². The molecule has 0 aliphatic carbocycles. The second-order valence-electron chi connectivity index (χ2n) is 6.62. The highest BCUT2D eigenvalue weighted by Crippen LogP contribution is 2.24. The molecular formula is C14H25NO4. The van der Waals surface area contributed by atoms with Gasteiger partial charge in [0.05, 0.1) is 24.5 Å². The van der Waals surface area contributed by atoms with Gasteiger partial charge in [0.1, 0.15) is 0 Å². The number of carboxylic acid groups (broad SMARTS) is 1. The van der Waals surface area contributed by atoms with E-state index in [1.54, 1.807) is 0 Å². The summed E-state index contributed by atoms with van der Waals surface area (Å²) >= 11 is 0. The number of carbonyl (C=O) groups is 2. The van der Waals surface area contributed by atoms with Crippen molar-refractivity contribution in [3.63, 3.8) is 0 Å². The lowest BCUT2D eigenvalue weighted by molar-refractivity contribution is -0.142. The smallest absolute Gasteiger partial charge is 0.308 e. The molecule has 1 fully saturated rings. The Labute approximate surface area is 114 Å². The van der Waals surface area contributed by atoms with Crippen LogP contribution in [0.5, 0.6) is 0 Å². The van der Waals surface area contributed by atoms with E-state index in [2.05, 4.69) is 5.32 Å². The molecule has 1 aliphatic heterocycles. The molecule has 0 aromatic heterocycles. The van der Waals surface area contributed by atoms with Crippen molar-refractivity contribution in [1.29, 1.82) is 0 Å². The molecule has 1 saturated heterocycles. The Bertz CT molecular complexity index is 335. The van der Waals surface area contributed by atoms with Gasteiger partial charge in [-0.2, -0.15) is 0 Å². The molecule has 0 spiro atoms. The van der Waals surface area contributed by atoms with E-state index in [-0.39, 0.29) is 29.9 Å². The third kappa shape index (κ3) is 5.59. The molecule has 5 heteroatoms. The zero-order chi connectivity index (χ0) is 14.6. The largest absolute Gasteiger partial charge is 0.481 e. The van der Waals surface area contributed by atoms with Gasteiger partial charge in [-0.1, -0.05) is 20.8 Å². The monoisotopic (exact) mass is 271 g/mol. The Balaban J connectivity index is 2.43. The molecule has 1 amide bonds. The van der Waals surface area contributed by atoms with Crippen LogP contribution in [-0.4, -0.2) is 36.2 Å². The van der Waals surface area contributed by atoms with Gasteiger partial charge in [-0.3, -0.25) is 9.59 Å². The van der Waals surface area contributed by atoms with E-state index in [9.17, 15) is 14.7 Å². The van der Waals surface area contributed by atoms with E-state index in [1.165, 1.54) is 0 Å². The van der Waals surface area contributed by atoms with Gasteiger partial charge in [-0.25, -0.2) is 0 Å². The molecule has 19 heavy (non-hydrogen) atoms. The Morgan fingerprint density at radius 3 is 2.47 bits per heavy atom. The Kier molecular flexibility index (Phi) is 5.35. The van der Waals surface area contributed by atoms with Gasteiger partial charge in [0.25, 0.3) is 0 Å². The van der Waals surface area contributed by atoms with E-state index in [4.69, 9.17) is 4.74 Å².